The molecule has 0 N–H and O–H groups in total. The van der Waals surface area contributed by atoms with Gasteiger partial charge in [0, 0.05) is 31.9 Å². The van der Waals surface area contributed by atoms with E-state index in [2.05, 4.69) is 0 Å². The predicted molar refractivity (Wildman–Crippen MR) is 117 cm³/mol. The van der Waals surface area contributed by atoms with E-state index >= 15 is 0 Å². The van der Waals surface area contributed by atoms with Gasteiger partial charge in [0.1, 0.15) is 24.2 Å². The van der Waals surface area contributed by atoms with Gasteiger partial charge in [-0.2, -0.15) is 4.31 Å². The van der Waals surface area contributed by atoms with Crippen LogP contribution < -0.4 is 4.90 Å². The van der Waals surface area contributed by atoms with E-state index in [1.165, 1.54) is 57.4 Å². The molecule has 34 heavy (non-hydrogen) atoms. The minimum Gasteiger partial charge on any atom is -0.338 e. The highest BCUT2D eigenvalue weighted by Crippen LogP contribution is 2.26. The van der Waals surface area contributed by atoms with Crippen molar-refractivity contribution in [2.45, 2.75) is 17.9 Å². The first-order chi connectivity index (χ1) is 16.1. The molecular weight excluding hydrogens is 470 g/mol. The number of anilines is 1. The maximum Gasteiger partial charge on any atom is 0.332 e. The third-order valence-corrected chi connectivity index (χ3v) is 7.80. The molecule has 2 aliphatic rings. The molecule has 4 rings (SSSR count). The number of rotatable bonds is 5. The lowest BCUT2D eigenvalue weighted by atomic mass is 10.2. The molecule has 2 fully saturated rings. The van der Waals surface area contributed by atoms with E-state index in [9.17, 15) is 31.6 Å². The molecule has 0 aliphatic carbocycles. The summed E-state index contributed by atoms with van der Waals surface area (Å²) in [5.74, 6) is -2.08. The Bertz CT molecular complexity index is 1210. The summed E-state index contributed by atoms with van der Waals surface area (Å²) in [5.41, 5.74) is 0.335. The van der Waals surface area contributed by atoms with Gasteiger partial charge in [-0.05, 0) is 55.5 Å². The summed E-state index contributed by atoms with van der Waals surface area (Å²) >= 11 is 0. The Kier molecular flexibility index (Phi) is 6.36. The van der Waals surface area contributed by atoms with E-state index in [1.807, 2.05) is 0 Å². The Morgan fingerprint density at radius 2 is 1.44 bits per heavy atom. The van der Waals surface area contributed by atoms with Gasteiger partial charge in [-0.15, -0.1) is 0 Å². The van der Waals surface area contributed by atoms with Crippen molar-refractivity contribution in [3.8, 4) is 0 Å². The van der Waals surface area contributed by atoms with Gasteiger partial charge in [-0.1, -0.05) is 0 Å². The predicted octanol–water partition coefficient (Wildman–Crippen LogP) is 1.65. The lowest BCUT2D eigenvalue weighted by Gasteiger charge is -2.34. The fraction of sp³-hybridized carbons (Fsp3) is 0.318. The minimum atomic E-state index is -3.84. The Morgan fingerprint density at radius 1 is 0.912 bits per heavy atom. The van der Waals surface area contributed by atoms with Crippen LogP contribution in [0.25, 0.3) is 0 Å². The number of piperazine rings is 1. The highest BCUT2D eigenvalue weighted by atomic mass is 32.2. The van der Waals surface area contributed by atoms with E-state index in [0.717, 1.165) is 17.0 Å². The molecule has 2 heterocycles. The molecule has 0 saturated carbocycles. The maximum atomic E-state index is 13.2. The molecule has 12 heteroatoms. The van der Waals surface area contributed by atoms with Crippen molar-refractivity contribution >= 4 is 33.6 Å². The van der Waals surface area contributed by atoms with Crippen LogP contribution in [0.5, 0.6) is 0 Å². The molecule has 2 saturated heterocycles. The minimum absolute atomic E-state index is 0.0193. The van der Waals surface area contributed by atoms with Crippen molar-refractivity contribution in [1.29, 1.82) is 0 Å². The van der Waals surface area contributed by atoms with Crippen molar-refractivity contribution in [1.82, 2.24) is 14.1 Å². The molecular formula is C22H22F2N4O5S. The van der Waals surface area contributed by atoms with Gasteiger partial charge in [0.05, 0.1) is 4.90 Å². The number of hydrogen-bond acceptors (Lipinski definition) is 5. The first kappa shape index (κ1) is 23.8. The molecule has 9 nitrogen and oxygen atoms in total. The lowest BCUT2D eigenvalue weighted by molar-refractivity contribution is -0.137. The molecule has 2 aliphatic heterocycles. The first-order valence-corrected chi connectivity index (χ1v) is 12.0. The summed E-state index contributed by atoms with van der Waals surface area (Å²) in [4.78, 5) is 41.7. The zero-order valence-corrected chi connectivity index (χ0v) is 19.0. The fourth-order valence-corrected chi connectivity index (χ4v) is 5.40. The smallest absolute Gasteiger partial charge is 0.332 e. The zero-order valence-electron chi connectivity index (χ0n) is 18.2. The van der Waals surface area contributed by atoms with Crippen LogP contribution in [-0.4, -0.2) is 79.1 Å². The molecule has 0 spiro atoms. The number of carbonyl (C=O) groups excluding carboxylic acids is 3. The van der Waals surface area contributed by atoms with E-state index < -0.39 is 52.1 Å². The molecule has 0 bridgehead atoms. The number of benzene rings is 2. The van der Waals surface area contributed by atoms with Crippen molar-refractivity contribution < 1.29 is 31.6 Å². The molecule has 180 valence electrons. The standard InChI is InChI=1S/C22H22F2N4O5S/c1-15-21(30)27(22(31)28(15)18-6-2-16(23)3-7-18)14-20(29)25-10-12-26(13-11-25)34(32,33)19-8-4-17(24)5-9-19/h2-9,15H,10-14H2,1H3. The quantitative estimate of drug-likeness (QED) is 0.592. The number of imide groups is 1. The monoisotopic (exact) mass is 492 g/mol. The van der Waals surface area contributed by atoms with Gasteiger partial charge in [0.2, 0.25) is 15.9 Å². The van der Waals surface area contributed by atoms with Crippen LogP contribution in [0.2, 0.25) is 0 Å². The third-order valence-electron chi connectivity index (χ3n) is 5.89. The van der Waals surface area contributed by atoms with Crippen LogP contribution in [0.1, 0.15) is 6.92 Å². The third kappa shape index (κ3) is 4.38. The van der Waals surface area contributed by atoms with Gasteiger partial charge in [0.25, 0.3) is 5.91 Å². The summed E-state index contributed by atoms with van der Waals surface area (Å²) in [6.45, 7) is 1.23. The van der Waals surface area contributed by atoms with Gasteiger partial charge >= 0.3 is 6.03 Å². The van der Waals surface area contributed by atoms with Crippen LogP contribution in [0.3, 0.4) is 0 Å². The zero-order chi connectivity index (χ0) is 24.6. The summed E-state index contributed by atoms with van der Waals surface area (Å²) in [6.07, 6.45) is 0. The molecule has 2 aromatic rings. The topological polar surface area (TPSA) is 98.3 Å². The Labute approximate surface area is 195 Å². The molecule has 0 aromatic heterocycles. The van der Waals surface area contributed by atoms with Crippen molar-refractivity contribution in [3.05, 3.63) is 60.2 Å². The number of halogens is 2. The summed E-state index contributed by atoms with van der Waals surface area (Å²) in [5, 5.41) is 0. The summed E-state index contributed by atoms with van der Waals surface area (Å²) in [6, 6.07) is 8.05. The molecule has 1 unspecified atom stereocenters. The largest absolute Gasteiger partial charge is 0.338 e. The van der Waals surface area contributed by atoms with Crippen molar-refractivity contribution in [2.75, 3.05) is 37.6 Å². The van der Waals surface area contributed by atoms with E-state index in [0.29, 0.717) is 5.69 Å². The van der Waals surface area contributed by atoms with Gasteiger partial charge in [-0.25, -0.2) is 22.0 Å². The summed E-state index contributed by atoms with van der Waals surface area (Å²) in [7, 11) is -3.84. The van der Waals surface area contributed by atoms with Crippen molar-refractivity contribution in [3.63, 3.8) is 0 Å². The Morgan fingerprint density at radius 3 is 2.00 bits per heavy atom. The maximum absolute atomic E-state index is 13.2. The van der Waals surface area contributed by atoms with Crippen LogP contribution >= 0.6 is 0 Å². The lowest BCUT2D eigenvalue weighted by Crippen LogP contribution is -2.53. The number of sulfonamides is 1. The number of amides is 4. The SMILES string of the molecule is CC1C(=O)N(CC(=O)N2CCN(S(=O)(=O)c3ccc(F)cc3)CC2)C(=O)N1c1ccc(F)cc1. The second-order valence-corrected chi connectivity index (χ2v) is 9.91. The van der Waals surface area contributed by atoms with Gasteiger partial charge in [0.15, 0.2) is 0 Å². The highest BCUT2D eigenvalue weighted by Gasteiger charge is 2.44. The van der Waals surface area contributed by atoms with Crippen LogP contribution in [0.15, 0.2) is 53.4 Å². The molecule has 0 radical (unpaired) electrons. The highest BCUT2D eigenvalue weighted by molar-refractivity contribution is 7.89. The molecule has 1 atom stereocenters. The average molecular weight is 493 g/mol. The molecule has 2 aromatic carbocycles. The second kappa shape index (κ2) is 9.11. The van der Waals surface area contributed by atoms with Crippen LogP contribution in [-0.2, 0) is 19.6 Å². The normalized spacial score (nSPS) is 19.7. The van der Waals surface area contributed by atoms with Crippen LogP contribution in [0, 0.1) is 11.6 Å². The van der Waals surface area contributed by atoms with Crippen LogP contribution in [0.4, 0.5) is 19.3 Å². The average Bonchev–Trinajstić information content (AvgIpc) is 3.03. The number of nitrogens with zero attached hydrogens (tertiary/aromatic N) is 4. The number of carbonyl (C=O) groups is 3. The number of urea groups is 1. The van der Waals surface area contributed by atoms with E-state index in [4.69, 9.17) is 0 Å². The van der Waals surface area contributed by atoms with Crippen molar-refractivity contribution in [2.24, 2.45) is 0 Å². The summed E-state index contributed by atoms with van der Waals surface area (Å²) < 4.78 is 53.0. The Hall–Kier alpha value is -3.38. The number of hydrogen-bond donors (Lipinski definition) is 0. The second-order valence-electron chi connectivity index (χ2n) is 7.97. The Balaban J connectivity index is 1.39. The molecule has 4 amide bonds. The first-order valence-electron chi connectivity index (χ1n) is 10.5. The van der Waals surface area contributed by atoms with E-state index in [1.54, 1.807) is 0 Å². The van der Waals surface area contributed by atoms with E-state index in [-0.39, 0.29) is 31.1 Å². The fourth-order valence-electron chi connectivity index (χ4n) is 3.98. The van der Waals surface area contributed by atoms with Gasteiger partial charge < -0.3 is 4.90 Å². The van der Waals surface area contributed by atoms with Gasteiger partial charge in [-0.3, -0.25) is 19.4 Å².